The van der Waals surface area contributed by atoms with Gasteiger partial charge in [-0.25, -0.2) is 4.39 Å². The van der Waals surface area contributed by atoms with Gasteiger partial charge in [0.2, 0.25) is 0 Å². The molecule has 0 aliphatic carbocycles. The van der Waals surface area contributed by atoms with Gasteiger partial charge < -0.3 is 0 Å². The van der Waals surface area contributed by atoms with Gasteiger partial charge in [0.25, 0.3) is 0 Å². The molecule has 0 aliphatic rings. The molecule has 0 fully saturated rings. The lowest BCUT2D eigenvalue weighted by Gasteiger charge is -1.90. The third-order valence-electron chi connectivity index (χ3n) is 0.916. The molecule has 0 saturated heterocycles. The van der Waals surface area contributed by atoms with Gasteiger partial charge in [0.05, 0.1) is 5.69 Å². The lowest BCUT2D eigenvalue weighted by Crippen LogP contribution is -1.82. The van der Waals surface area contributed by atoms with E-state index in [0.717, 1.165) is 0 Å². The van der Waals surface area contributed by atoms with Crippen LogP contribution in [0.25, 0.3) is 0 Å². The van der Waals surface area contributed by atoms with E-state index in [4.69, 9.17) is 11.6 Å². The van der Waals surface area contributed by atoms with Crippen molar-refractivity contribution in [2.24, 2.45) is 0 Å². The smallest absolute Gasteiger partial charge is 0.131 e. The molecule has 0 radical (unpaired) electrons. The van der Waals surface area contributed by atoms with E-state index in [2.05, 4.69) is 4.98 Å². The maximum absolute atomic E-state index is 11.8. The Hall–Kier alpha value is -0.630. The summed E-state index contributed by atoms with van der Waals surface area (Å²) in [7, 11) is 0. The predicted octanol–water partition coefficient (Wildman–Crippen LogP) is 2.20. The Morgan fingerprint density at radius 1 is 1.67 bits per heavy atom. The van der Waals surface area contributed by atoms with Crippen LogP contribution in [0.1, 0.15) is 5.69 Å². The fourth-order valence-corrected chi connectivity index (χ4v) is 0.704. The van der Waals surface area contributed by atoms with Crippen molar-refractivity contribution >= 4 is 11.6 Å². The van der Waals surface area contributed by atoms with Crippen LogP contribution in [-0.2, 0) is 6.67 Å². The maximum Gasteiger partial charge on any atom is 0.131 e. The predicted molar refractivity (Wildman–Crippen MR) is 34.1 cm³/mol. The Morgan fingerprint density at radius 3 is 2.89 bits per heavy atom. The molecule has 1 aromatic heterocycles. The van der Waals surface area contributed by atoms with Gasteiger partial charge in [0.15, 0.2) is 0 Å². The minimum Gasteiger partial charge on any atom is -0.258 e. The van der Waals surface area contributed by atoms with Gasteiger partial charge >= 0.3 is 0 Å². The average Bonchev–Trinajstić information content (AvgIpc) is 1.88. The number of hydrogen-bond donors (Lipinski definition) is 0. The monoisotopic (exact) mass is 145 g/mol. The lowest BCUT2D eigenvalue weighted by molar-refractivity contribution is 0.476. The summed E-state index contributed by atoms with van der Waals surface area (Å²) in [5.74, 6) is 0. The topological polar surface area (TPSA) is 12.9 Å². The molecule has 9 heavy (non-hydrogen) atoms. The van der Waals surface area contributed by atoms with E-state index in [1.807, 2.05) is 0 Å². The summed E-state index contributed by atoms with van der Waals surface area (Å²) in [5.41, 5.74) is 0.377. The molecule has 0 atom stereocenters. The molecule has 0 amide bonds. The molecule has 0 unspecified atom stereocenters. The highest BCUT2D eigenvalue weighted by atomic mass is 35.5. The van der Waals surface area contributed by atoms with Crippen molar-refractivity contribution in [1.82, 2.24) is 4.98 Å². The van der Waals surface area contributed by atoms with Gasteiger partial charge in [0, 0.05) is 11.2 Å². The first-order chi connectivity index (χ1) is 4.33. The zero-order valence-corrected chi connectivity index (χ0v) is 5.40. The summed E-state index contributed by atoms with van der Waals surface area (Å²) in [4.78, 5) is 3.70. The number of pyridine rings is 1. The molecule has 48 valence electrons. The van der Waals surface area contributed by atoms with Crippen molar-refractivity contribution < 1.29 is 4.39 Å². The summed E-state index contributed by atoms with van der Waals surface area (Å²) in [5, 5.41) is 0.526. The van der Waals surface area contributed by atoms with Gasteiger partial charge in [-0.3, -0.25) is 4.98 Å². The molecule has 3 heteroatoms. The van der Waals surface area contributed by atoms with Crippen molar-refractivity contribution in [3.8, 4) is 0 Å². The third kappa shape index (κ3) is 1.64. The molecular weight excluding hydrogens is 141 g/mol. The maximum atomic E-state index is 11.8. The largest absolute Gasteiger partial charge is 0.258 e. The molecule has 0 N–H and O–H groups in total. The second-order valence-corrected chi connectivity index (χ2v) is 2.04. The SMILES string of the molecule is FCc1cc(Cl)ccn1. The van der Waals surface area contributed by atoms with E-state index >= 15 is 0 Å². The summed E-state index contributed by atoms with van der Waals surface area (Å²) in [6.07, 6.45) is 1.48. The molecule has 1 aromatic rings. The molecule has 0 spiro atoms. The van der Waals surface area contributed by atoms with Crippen LogP contribution in [0.3, 0.4) is 0 Å². The Kier molecular flexibility index (Phi) is 2.01. The van der Waals surface area contributed by atoms with Crippen LogP contribution < -0.4 is 0 Å². The molecule has 1 nitrogen and oxygen atoms in total. The standard InChI is InChI=1S/C6H5ClFN/c7-5-1-2-9-6(3-5)4-8/h1-3H,4H2. The van der Waals surface area contributed by atoms with E-state index in [0.29, 0.717) is 10.7 Å². The summed E-state index contributed by atoms with van der Waals surface area (Å²) in [6.45, 7) is -0.555. The van der Waals surface area contributed by atoms with Crippen LogP contribution in [-0.4, -0.2) is 4.98 Å². The number of hydrogen-bond acceptors (Lipinski definition) is 1. The van der Waals surface area contributed by atoms with Gasteiger partial charge in [-0.15, -0.1) is 0 Å². The molecule has 0 aromatic carbocycles. The summed E-state index contributed by atoms with van der Waals surface area (Å²) in [6, 6.07) is 3.11. The average molecular weight is 146 g/mol. The van der Waals surface area contributed by atoms with Crippen LogP contribution in [0, 0.1) is 0 Å². The van der Waals surface area contributed by atoms with Gasteiger partial charge in [-0.1, -0.05) is 11.6 Å². The third-order valence-corrected chi connectivity index (χ3v) is 1.15. The van der Waals surface area contributed by atoms with Crippen LogP contribution in [0.4, 0.5) is 4.39 Å². The highest BCUT2D eigenvalue weighted by molar-refractivity contribution is 6.30. The molecule has 0 bridgehead atoms. The lowest BCUT2D eigenvalue weighted by atomic mass is 10.4. The van der Waals surface area contributed by atoms with Crippen LogP contribution >= 0.6 is 11.6 Å². The highest BCUT2D eigenvalue weighted by Crippen LogP contribution is 2.07. The van der Waals surface area contributed by atoms with Gasteiger partial charge in [0.1, 0.15) is 6.67 Å². The molecule has 0 aliphatic heterocycles. The minimum absolute atomic E-state index is 0.377. The number of alkyl halides is 1. The van der Waals surface area contributed by atoms with E-state index in [1.54, 1.807) is 6.07 Å². The molecule has 1 rings (SSSR count). The van der Waals surface area contributed by atoms with E-state index < -0.39 is 6.67 Å². The highest BCUT2D eigenvalue weighted by Gasteiger charge is 1.91. The Morgan fingerprint density at radius 2 is 2.44 bits per heavy atom. The minimum atomic E-state index is -0.555. The first-order valence-corrected chi connectivity index (χ1v) is 2.87. The zero-order chi connectivity index (χ0) is 6.69. The van der Waals surface area contributed by atoms with Gasteiger partial charge in [-0.2, -0.15) is 0 Å². The van der Waals surface area contributed by atoms with Gasteiger partial charge in [-0.05, 0) is 12.1 Å². The fourth-order valence-electron chi connectivity index (χ4n) is 0.522. The number of halogens is 2. The van der Waals surface area contributed by atoms with Crippen molar-refractivity contribution in [1.29, 1.82) is 0 Å². The number of aromatic nitrogens is 1. The molecular formula is C6H5ClFN. The summed E-state index contributed by atoms with van der Waals surface area (Å²) >= 11 is 5.52. The Bertz CT molecular complexity index is 202. The van der Waals surface area contributed by atoms with Crippen LogP contribution in [0.5, 0.6) is 0 Å². The van der Waals surface area contributed by atoms with Crippen molar-refractivity contribution in [3.05, 3.63) is 29.0 Å². The Balaban J connectivity index is 2.94. The Labute approximate surface area is 57.5 Å². The normalized spacial score (nSPS) is 9.56. The van der Waals surface area contributed by atoms with E-state index in [9.17, 15) is 4.39 Å². The second-order valence-electron chi connectivity index (χ2n) is 1.60. The molecule has 1 heterocycles. The number of rotatable bonds is 1. The summed E-state index contributed by atoms with van der Waals surface area (Å²) < 4.78 is 11.8. The second kappa shape index (κ2) is 2.78. The van der Waals surface area contributed by atoms with Crippen molar-refractivity contribution in [3.63, 3.8) is 0 Å². The zero-order valence-electron chi connectivity index (χ0n) is 4.64. The van der Waals surface area contributed by atoms with E-state index in [1.165, 1.54) is 12.3 Å². The van der Waals surface area contributed by atoms with Crippen LogP contribution in [0.2, 0.25) is 5.02 Å². The van der Waals surface area contributed by atoms with Crippen LogP contribution in [0.15, 0.2) is 18.3 Å². The number of nitrogens with zero attached hydrogens (tertiary/aromatic N) is 1. The molecule has 0 saturated carbocycles. The first kappa shape index (κ1) is 6.49. The van der Waals surface area contributed by atoms with E-state index in [-0.39, 0.29) is 0 Å². The van der Waals surface area contributed by atoms with Crippen molar-refractivity contribution in [2.75, 3.05) is 0 Å². The van der Waals surface area contributed by atoms with Crippen molar-refractivity contribution in [2.45, 2.75) is 6.67 Å². The quantitative estimate of drug-likeness (QED) is 0.591. The first-order valence-electron chi connectivity index (χ1n) is 2.49. The fraction of sp³-hybridized carbons (Fsp3) is 0.167.